The van der Waals surface area contributed by atoms with Gasteiger partial charge in [0.1, 0.15) is 0 Å². The summed E-state index contributed by atoms with van der Waals surface area (Å²) in [6, 6.07) is 6.52. The van der Waals surface area contributed by atoms with Crippen molar-refractivity contribution in [2.75, 3.05) is 0 Å². The molecule has 0 radical (unpaired) electrons. The van der Waals surface area contributed by atoms with Gasteiger partial charge in [0.2, 0.25) is 0 Å². The number of hydrogen-bond acceptors (Lipinski definition) is 4. The van der Waals surface area contributed by atoms with Crippen LogP contribution in [0.5, 0.6) is 0 Å². The van der Waals surface area contributed by atoms with Crippen molar-refractivity contribution in [3.63, 3.8) is 0 Å². The molecule has 0 bridgehead atoms. The molecule has 1 atom stereocenters. The van der Waals surface area contributed by atoms with E-state index in [4.69, 9.17) is 5.84 Å². The molecule has 0 fully saturated rings. The lowest BCUT2D eigenvalue weighted by molar-refractivity contribution is 0.656. The summed E-state index contributed by atoms with van der Waals surface area (Å²) >= 11 is 3.54. The Balaban J connectivity index is 2.35. The van der Waals surface area contributed by atoms with Gasteiger partial charge in [-0.05, 0) is 36.9 Å². The highest BCUT2D eigenvalue weighted by atomic mass is 32.1. The van der Waals surface area contributed by atoms with Gasteiger partial charge in [0, 0.05) is 14.6 Å². The van der Waals surface area contributed by atoms with Gasteiger partial charge in [0.05, 0.1) is 6.04 Å². The standard InChI is InChI=1S/C11H14N2S2/c1-7-6-10(15-8(7)2)11(13-12)9-4-3-5-14-9/h3-6,11,13H,12H2,1-2H3. The summed E-state index contributed by atoms with van der Waals surface area (Å²) in [5.41, 5.74) is 4.22. The van der Waals surface area contributed by atoms with Crippen molar-refractivity contribution in [3.05, 3.63) is 43.8 Å². The maximum absolute atomic E-state index is 5.62. The molecule has 0 saturated heterocycles. The van der Waals surface area contributed by atoms with E-state index in [9.17, 15) is 0 Å². The summed E-state index contributed by atoms with van der Waals surface area (Å²) in [6.07, 6.45) is 0. The molecule has 0 aliphatic rings. The third kappa shape index (κ3) is 2.13. The van der Waals surface area contributed by atoms with Gasteiger partial charge in [-0.3, -0.25) is 5.84 Å². The SMILES string of the molecule is Cc1cc(C(NN)c2cccs2)sc1C. The number of rotatable bonds is 3. The molecule has 0 spiro atoms. The van der Waals surface area contributed by atoms with Gasteiger partial charge >= 0.3 is 0 Å². The zero-order chi connectivity index (χ0) is 10.8. The molecule has 3 N–H and O–H groups in total. The van der Waals surface area contributed by atoms with E-state index in [1.807, 2.05) is 11.3 Å². The largest absolute Gasteiger partial charge is 0.271 e. The first-order valence-electron chi connectivity index (χ1n) is 4.79. The quantitative estimate of drug-likeness (QED) is 0.637. The first-order valence-corrected chi connectivity index (χ1v) is 6.48. The van der Waals surface area contributed by atoms with Gasteiger partial charge in [-0.25, -0.2) is 5.43 Å². The molecule has 0 aliphatic carbocycles. The Morgan fingerprint density at radius 2 is 2.13 bits per heavy atom. The van der Waals surface area contributed by atoms with Crippen molar-refractivity contribution >= 4 is 22.7 Å². The summed E-state index contributed by atoms with van der Waals surface area (Å²) < 4.78 is 0. The summed E-state index contributed by atoms with van der Waals surface area (Å²) in [6.45, 7) is 4.28. The van der Waals surface area contributed by atoms with Crippen LogP contribution in [0, 0.1) is 13.8 Å². The monoisotopic (exact) mass is 238 g/mol. The highest BCUT2D eigenvalue weighted by molar-refractivity contribution is 7.13. The summed E-state index contributed by atoms with van der Waals surface area (Å²) in [5.74, 6) is 5.62. The minimum atomic E-state index is 0.141. The Labute approximate surface area is 97.7 Å². The second-order valence-electron chi connectivity index (χ2n) is 3.50. The van der Waals surface area contributed by atoms with Crippen molar-refractivity contribution < 1.29 is 0 Å². The average Bonchev–Trinajstić information content (AvgIpc) is 2.80. The van der Waals surface area contributed by atoms with Crippen molar-refractivity contribution in [2.45, 2.75) is 19.9 Å². The lowest BCUT2D eigenvalue weighted by atomic mass is 10.2. The molecule has 2 nitrogen and oxygen atoms in total. The minimum Gasteiger partial charge on any atom is -0.271 e. The van der Waals surface area contributed by atoms with E-state index in [0.29, 0.717) is 0 Å². The summed E-state index contributed by atoms with van der Waals surface area (Å²) in [7, 11) is 0. The van der Waals surface area contributed by atoms with Crippen LogP contribution in [-0.2, 0) is 0 Å². The Kier molecular flexibility index (Phi) is 3.21. The molecular weight excluding hydrogens is 224 g/mol. The third-order valence-electron chi connectivity index (χ3n) is 2.46. The smallest absolute Gasteiger partial charge is 0.0894 e. The van der Waals surface area contributed by atoms with E-state index in [1.165, 1.54) is 20.2 Å². The zero-order valence-corrected chi connectivity index (χ0v) is 10.4. The van der Waals surface area contributed by atoms with Crippen LogP contribution in [0.4, 0.5) is 0 Å². The van der Waals surface area contributed by atoms with Gasteiger partial charge in [0.15, 0.2) is 0 Å². The van der Waals surface area contributed by atoms with Crippen LogP contribution in [0.3, 0.4) is 0 Å². The molecule has 2 heterocycles. The normalized spacial score (nSPS) is 13.0. The lowest BCUT2D eigenvalue weighted by Gasteiger charge is -2.11. The Morgan fingerprint density at radius 1 is 1.33 bits per heavy atom. The van der Waals surface area contributed by atoms with Crippen LogP contribution < -0.4 is 11.3 Å². The van der Waals surface area contributed by atoms with Crippen molar-refractivity contribution in [2.24, 2.45) is 5.84 Å². The van der Waals surface area contributed by atoms with Crippen LogP contribution in [0.15, 0.2) is 23.6 Å². The van der Waals surface area contributed by atoms with Gasteiger partial charge < -0.3 is 0 Å². The van der Waals surface area contributed by atoms with Gasteiger partial charge in [0.25, 0.3) is 0 Å². The predicted octanol–water partition coefficient (Wildman–Crippen LogP) is 2.98. The van der Waals surface area contributed by atoms with Crippen molar-refractivity contribution in [1.29, 1.82) is 0 Å². The number of nitrogens with one attached hydrogen (secondary N) is 1. The molecule has 0 amide bonds. The highest BCUT2D eigenvalue weighted by Crippen LogP contribution is 2.32. The summed E-state index contributed by atoms with van der Waals surface area (Å²) in [4.78, 5) is 3.91. The molecule has 2 rings (SSSR count). The number of hydrogen-bond donors (Lipinski definition) is 2. The zero-order valence-electron chi connectivity index (χ0n) is 8.78. The Morgan fingerprint density at radius 3 is 2.60 bits per heavy atom. The Hall–Kier alpha value is -0.680. The van der Waals surface area contributed by atoms with Gasteiger partial charge in [-0.15, -0.1) is 22.7 Å². The molecule has 80 valence electrons. The Bertz CT molecular complexity index is 412. The maximum Gasteiger partial charge on any atom is 0.0894 e. The molecule has 2 aromatic heterocycles. The fraction of sp³-hybridized carbons (Fsp3) is 0.273. The van der Waals surface area contributed by atoms with E-state index < -0.39 is 0 Å². The van der Waals surface area contributed by atoms with Crippen LogP contribution >= 0.6 is 22.7 Å². The van der Waals surface area contributed by atoms with Gasteiger partial charge in [-0.2, -0.15) is 0 Å². The third-order valence-corrected chi connectivity index (χ3v) is 4.62. The molecule has 0 aliphatic heterocycles. The predicted molar refractivity (Wildman–Crippen MR) is 67.3 cm³/mol. The molecule has 4 heteroatoms. The van der Waals surface area contributed by atoms with Crippen LogP contribution in [-0.4, -0.2) is 0 Å². The summed E-state index contributed by atoms with van der Waals surface area (Å²) in [5, 5.41) is 2.08. The van der Waals surface area contributed by atoms with E-state index in [0.717, 1.165) is 0 Å². The average molecular weight is 238 g/mol. The van der Waals surface area contributed by atoms with E-state index in [-0.39, 0.29) is 6.04 Å². The van der Waals surface area contributed by atoms with E-state index >= 15 is 0 Å². The fourth-order valence-corrected chi connectivity index (χ4v) is 3.50. The van der Waals surface area contributed by atoms with Crippen LogP contribution in [0.2, 0.25) is 0 Å². The number of aryl methyl sites for hydroxylation is 2. The topological polar surface area (TPSA) is 38.0 Å². The first kappa shape index (κ1) is 10.8. The van der Waals surface area contributed by atoms with Crippen LogP contribution in [0.25, 0.3) is 0 Å². The molecular formula is C11H14N2S2. The second kappa shape index (κ2) is 4.45. The minimum absolute atomic E-state index is 0.141. The molecule has 2 aromatic rings. The molecule has 0 saturated carbocycles. The maximum atomic E-state index is 5.62. The lowest BCUT2D eigenvalue weighted by Crippen LogP contribution is -2.27. The molecule has 15 heavy (non-hydrogen) atoms. The number of nitrogens with two attached hydrogens (primary N) is 1. The number of hydrazine groups is 1. The van der Waals surface area contributed by atoms with E-state index in [1.54, 1.807) is 11.3 Å². The molecule has 1 unspecified atom stereocenters. The molecule has 0 aromatic carbocycles. The first-order chi connectivity index (χ1) is 7.22. The van der Waals surface area contributed by atoms with Crippen molar-refractivity contribution in [1.82, 2.24) is 5.43 Å². The second-order valence-corrected chi connectivity index (χ2v) is 5.77. The fourth-order valence-electron chi connectivity index (χ4n) is 1.50. The highest BCUT2D eigenvalue weighted by Gasteiger charge is 2.16. The van der Waals surface area contributed by atoms with Gasteiger partial charge in [-0.1, -0.05) is 6.07 Å². The van der Waals surface area contributed by atoms with Crippen LogP contribution in [0.1, 0.15) is 26.2 Å². The van der Waals surface area contributed by atoms with Crippen molar-refractivity contribution in [3.8, 4) is 0 Å². The van der Waals surface area contributed by atoms with E-state index in [2.05, 4.69) is 42.9 Å². The number of thiophene rings is 2.